The van der Waals surface area contributed by atoms with Crippen LogP contribution in [0.25, 0.3) is 0 Å². The van der Waals surface area contributed by atoms with Gasteiger partial charge in [0.2, 0.25) is 5.78 Å². The standard InChI is InChI=1S/C5H7N3O2/c1-8-2-3(9)4(6)7-5(8)10/h2H2,1H3,(H2,6,7,10). The van der Waals surface area contributed by atoms with E-state index in [9.17, 15) is 9.59 Å². The van der Waals surface area contributed by atoms with Crippen LogP contribution in [-0.2, 0) is 4.79 Å². The second-order valence-corrected chi connectivity index (χ2v) is 2.08. The Morgan fingerprint density at radius 3 is 2.70 bits per heavy atom. The number of nitrogens with zero attached hydrogens (tertiary/aromatic N) is 1. The number of rotatable bonds is 0. The highest BCUT2D eigenvalue weighted by atomic mass is 16.2. The molecular weight excluding hydrogens is 134 g/mol. The summed E-state index contributed by atoms with van der Waals surface area (Å²) in [6.07, 6.45) is 0. The molecule has 2 N–H and O–H groups in total. The Balaban J connectivity index is 2.72. The molecule has 5 nitrogen and oxygen atoms in total. The van der Waals surface area contributed by atoms with Crippen molar-refractivity contribution in [1.29, 1.82) is 5.41 Å². The van der Waals surface area contributed by atoms with Gasteiger partial charge in [0.1, 0.15) is 0 Å². The lowest BCUT2D eigenvalue weighted by molar-refractivity contribution is -0.114. The van der Waals surface area contributed by atoms with Crippen LogP contribution in [0.4, 0.5) is 4.79 Å². The van der Waals surface area contributed by atoms with E-state index >= 15 is 0 Å². The van der Waals surface area contributed by atoms with Crippen LogP contribution in [-0.4, -0.2) is 36.1 Å². The Bertz CT molecular complexity index is 211. The van der Waals surface area contributed by atoms with E-state index in [-0.39, 0.29) is 18.2 Å². The van der Waals surface area contributed by atoms with Crippen LogP contribution in [0, 0.1) is 5.41 Å². The predicted octanol–water partition coefficient (Wildman–Crippen LogP) is -0.812. The van der Waals surface area contributed by atoms with Gasteiger partial charge in [0.05, 0.1) is 6.54 Å². The molecule has 10 heavy (non-hydrogen) atoms. The number of amidine groups is 1. The molecule has 1 fully saturated rings. The molecule has 1 heterocycles. The molecule has 5 heteroatoms. The summed E-state index contributed by atoms with van der Waals surface area (Å²) in [4.78, 5) is 22.6. The summed E-state index contributed by atoms with van der Waals surface area (Å²) in [7, 11) is 1.50. The molecule has 0 unspecified atom stereocenters. The molecule has 0 saturated carbocycles. The number of amides is 2. The summed E-state index contributed by atoms with van der Waals surface area (Å²) < 4.78 is 0. The molecule has 1 aliphatic heterocycles. The van der Waals surface area contributed by atoms with Gasteiger partial charge in [-0.25, -0.2) is 4.79 Å². The normalized spacial score (nSPS) is 19.3. The van der Waals surface area contributed by atoms with Gasteiger partial charge in [0, 0.05) is 7.05 Å². The number of nitrogens with one attached hydrogen (secondary N) is 2. The van der Waals surface area contributed by atoms with Crippen molar-refractivity contribution in [2.75, 3.05) is 13.6 Å². The Labute approximate surface area is 57.5 Å². The van der Waals surface area contributed by atoms with Crippen LogP contribution in [0.15, 0.2) is 0 Å². The van der Waals surface area contributed by atoms with E-state index in [4.69, 9.17) is 5.41 Å². The summed E-state index contributed by atoms with van der Waals surface area (Å²) in [5, 5.41) is 9.01. The maximum Gasteiger partial charge on any atom is 0.323 e. The van der Waals surface area contributed by atoms with E-state index < -0.39 is 6.03 Å². The Hall–Kier alpha value is -1.39. The number of Topliss-reactive ketones (excluding diaryl/α,β-unsaturated/α-hetero) is 1. The lowest BCUT2D eigenvalue weighted by Gasteiger charge is -2.21. The maximum absolute atomic E-state index is 10.7. The van der Waals surface area contributed by atoms with Crippen LogP contribution in [0.5, 0.6) is 0 Å². The average molecular weight is 141 g/mol. The SMILES string of the molecule is CN1CC(=O)C(=N)NC1=O. The lowest BCUT2D eigenvalue weighted by Crippen LogP contribution is -2.52. The van der Waals surface area contributed by atoms with Gasteiger partial charge in [0.25, 0.3) is 0 Å². The van der Waals surface area contributed by atoms with Crippen molar-refractivity contribution in [2.24, 2.45) is 0 Å². The van der Waals surface area contributed by atoms with Crippen molar-refractivity contribution in [1.82, 2.24) is 10.2 Å². The third-order valence-electron chi connectivity index (χ3n) is 1.24. The molecular formula is C5H7N3O2. The first-order chi connectivity index (χ1) is 4.61. The fraction of sp³-hybridized carbons (Fsp3) is 0.400. The largest absolute Gasteiger partial charge is 0.323 e. The zero-order chi connectivity index (χ0) is 7.72. The molecule has 0 spiro atoms. The van der Waals surface area contributed by atoms with Gasteiger partial charge in [-0.15, -0.1) is 0 Å². The van der Waals surface area contributed by atoms with Gasteiger partial charge in [-0.3, -0.25) is 15.5 Å². The van der Waals surface area contributed by atoms with Crippen molar-refractivity contribution in [2.45, 2.75) is 0 Å². The summed E-state index contributed by atoms with van der Waals surface area (Å²) in [5.74, 6) is -0.676. The van der Waals surface area contributed by atoms with Crippen LogP contribution in [0.2, 0.25) is 0 Å². The number of hydrogen-bond donors (Lipinski definition) is 2. The molecule has 0 aromatic rings. The average Bonchev–Trinajstić information content (AvgIpc) is 1.84. The van der Waals surface area contributed by atoms with Gasteiger partial charge in [0.15, 0.2) is 5.84 Å². The molecule has 0 radical (unpaired) electrons. The molecule has 2 amide bonds. The third kappa shape index (κ3) is 0.975. The van der Waals surface area contributed by atoms with E-state index in [1.807, 2.05) is 0 Å². The molecule has 0 bridgehead atoms. The molecule has 0 aliphatic carbocycles. The first-order valence-electron chi connectivity index (χ1n) is 2.75. The number of carbonyl (C=O) groups is 2. The Morgan fingerprint density at radius 1 is 1.60 bits per heavy atom. The molecule has 1 aliphatic rings. The lowest BCUT2D eigenvalue weighted by atomic mass is 10.3. The number of likely N-dealkylation sites (N-methyl/N-ethyl adjacent to an activating group) is 1. The third-order valence-corrected chi connectivity index (χ3v) is 1.24. The van der Waals surface area contributed by atoms with Gasteiger partial charge in [-0.1, -0.05) is 0 Å². The summed E-state index contributed by atoms with van der Waals surface area (Å²) in [6.45, 7) is 0.00463. The van der Waals surface area contributed by atoms with Crippen molar-refractivity contribution >= 4 is 17.6 Å². The van der Waals surface area contributed by atoms with Crippen LogP contribution < -0.4 is 5.32 Å². The van der Waals surface area contributed by atoms with Crippen molar-refractivity contribution in [3.63, 3.8) is 0 Å². The van der Waals surface area contributed by atoms with Gasteiger partial charge >= 0.3 is 6.03 Å². The van der Waals surface area contributed by atoms with Gasteiger partial charge in [-0.2, -0.15) is 0 Å². The summed E-state index contributed by atoms with van der Waals surface area (Å²) >= 11 is 0. The minimum atomic E-state index is -0.399. The summed E-state index contributed by atoms with van der Waals surface area (Å²) in [6, 6.07) is -0.399. The molecule has 54 valence electrons. The predicted molar refractivity (Wildman–Crippen MR) is 33.9 cm³/mol. The zero-order valence-corrected chi connectivity index (χ0v) is 5.47. The highest BCUT2D eigenvalue weighted by molar-refractivity contribution is 6.42. The van der Waals surface area contributed by atoms with Gasteiger partial charge in [-0.05, 0) is 0 Å². The topological polar surface area (TPSA) is 73.3 Å². The van der Waals surface area contributed by atoms with Gasteiger partial charge < -0.3 is 4.90 Å². The molecule has 0 aromatic carbocycles. The molecule has 1 saturated heterocycles. The van der Waals surface area contributed by atoms with Crippen molar-refractivity contribution in [3.8, 4) is 0 Å². The fourth-order valence-corrected chi connectivity index (χ4v) is 0.638. The van der Waals surface area contributed by atoms with Crippen molar-refractivity contribution < 1.29 is 9.59 Å². The Morgan fingerprint density at radius 2 is 2.20 bits per heavy atom. The number of hydrogen-bond acceptors (Lipinski definition) is 3. The number of ketones is 1. The first-order valence-corrected chi connectivity index (χ1v) is 2.75. The first kappa shape index (κ1) is 6.73. The number of urea groups is 1. The quantitative estimate of drug-likeness (QED) is 0.463. The van der Waals surface area contributed by atoms with E-state index in [1.54, 1.807) is 0 Å². The minimum absolute atomic E-state index is 0.00463. The van der Waals surface area contributed by atoms with E-state index in [1.165, 1.54) is 11.9 Å². The zero-order valence-electron chi connectivity index (χ0n) is 5.47. The van der Waals surface area contributed by atoms with Crippen molar-refractivity contribution in [3.05, 3.63) is 0 Å². The van der Waals surface area contributed by atoms with Crippen LogP contribution in [0.3, 0.4) is 0 Å². The highest BCUT2D eigenvalue weighted by Gasteiger charge is 2.23. The van der Waals surface area contributed by atoms with E-state index in [0.717, 1.165) is 0 Å². The molecule has 0 aromatic heterocycles. The smallest absolute Gasteiger partial charge is 0.320 e. The van der Waals surface area contributed by atoms with E-state index in [2.05, 4.69) is 5.32 Å². The maximum atomic E-state index is 10.7. The minimum Gasteiger partial charge on any atom is -0.320 e. The summed E-state index contributed by atoms with van der Waals surface area (Å²) in [5.41, 5.74) is 0. The second-order valence-electron chi connectivity index (χ2n) is 2.08. The molecule has 1 rings (SSSR count). The van der Waals surface area contributed by atoms with E-state index in [0.29, 0.717) is 0 Å². The fourth-order valence-electron chi connectivity index (χ4n) is 0.638. The highest BCUT2D eigenvalue weighted by Crippen LogP contribution is 1.92. The van der Waals surface area contributed by atoms with Crippen LogP contribution in [0.1, 0.15) is 0 Å². The number of carbonyl (C=O) groups excluding carboxylic acids is 2. The van der Waals surface area contributed by atoms with Crippen LogP contribution >= 0.6 is 0 Å². The Kier molecular flexibility index (Phi) is 1.41. The molecule has 0 atom stereocenters. The second kappa shape index (κ2) is 2.09. The monoisotopic (exact) mass is 141 g/mol.